The van der Waals surface area contributed by atoms with E-state index in [1.807, 2.05) is 29.8 Å². The number of pyridine rings is 1. The number of nitrogens with one attached hydrogen (secondary N) is 1. The molecule has 36 heavy (non-hydrogen) atoms. The van der Waals surface area contributed by atoms with E-state index in [0.717, 1.165) is 33.0 Å². The molecule has 0 unspecified atom stereocenters. The first-order valence-electron chi connectivity index (χ1n) is 11.6. The minimum Gasteiger partial charge on any atom is -0.466 e. The lowest BCUT2D eigenvalue weighted by Crippen LogP contribution is -2.34. The molecule has 4 aromatic rings. The van der Waals surface area contributed by atoms with Crippen molar-refractivity contribution in [3.63, 3.8) is 0 Å². The molecule has 0 atom stereocenters. The molecule has 0 bridgehead atoms. The van der Waals surface area contributed by atoms with Crippen LogP contribution in [0, 0.1) is 5.41 Å². The van der Waals surface area contributed by atoms with Gasteiger partial charge in [0.05, 0.1) is 28.9 Å². The lowest BCUT2D eigenvalue weighted by molar-refractivity contribution is -0.142. The lowest BCUT2D eigenvalue weighted by Gasteiger charge is -2.21. The Hall–Kier alpha value is -4.05. The highest BCUT2D eigenvalue weighted by Gasteiger charge is 2.21. The molecule has 3 aromatic heterocycles. The van der Waals surface area contributed by atoms with E-state index in [0.29, 0.717) is 24.4 Å². The van der Waals surface area contributed by atoms with Gasteiger partial charge in [-0.1, -0.05) is 6.07 Å². The third-order valence-corrected chi connectivity index (χ3v) is 6.94. The molecule has 1 amide bonds. The van der Waals surface area contributed by atoms with Gasteiger partial charge in [-0.2, -0.15) is 0 Å². The average Bonchev–Trinajstić information content (AvgIpc) is 3.48. The maximum atomic E-state index is 13.5. The van der Waals surface area contributed by atoms with E-state index in [9.17, 15) is 9.59 Å². The van der Waals surface area contributed by atoms with Crippen molar-refractivity contribution < 1.29 is 14.3 Å². The summed E-state index contributed by atoms with van der Waals surface area (Å²) in [6.45, 7) is 2.20. The number of amides is 1. The summed E-state index contributed by atoms with van der Waals surface area (Å²) in [5, 5.41) is 7.57. The minimum absolute atomic E-state index is 0.0696. The zero-order valence-electron chi connectivity index (χ0n) is 20.2. The number of imidazole rings is 1. The second kappa shape index (κ2) is 11.1. The van der Waals surface area contributed by atoms with Crippen molar-refractivity contribution in [2.45, 2.75) is 26.2 Å². The fraction of sp³-hybridized carbons (Fsp3) is 0.269. The van der Waals surface area contributed by atoms with E-state index in [1.165, 1.54) is 16.2 Å². The van der Waals surface area contributed by atoms with E-state index < -0.39 is 0 Å². The SMILES string of the molecule is CCOC(=O)CCN(C(=O)c1ccc2c(c1)nc(CCc1ccc(C(=N)N)s1)n2C)c1ccccn1. The number of hydrogen-bond acceptors (Lipinski definition) is 7. The van der Waals surface area contributed by atoms with Gasteiger partial charge in [0.2, 0.25) is 0 Å². The Morgan fingerprint density at radius 1 is 1.17 bits per heavy atom. The Kier molecular flexibility index (Phi) is 7.74. The smallest absolute Gasteiger partial charge is 0.307 e. The molecular weight excluding hydrogens is 476 g/mol. The molecule has 0 aliphatic carbocycles. The van der Waals surface area contributed by atoms with Gasteiger partial charge < -0.3 is 15.0 Å². The molecule has 1 aromatic carbocycles. The highest BCUT2D eigenvalue weighted by molar-refractivity contribution is 7.14. The molecule has 10 heteroatoms. The number of nitrogens with two attached hydrogens (primary N) is 1. The van der Waals surface area contributed by atoms with E-state index in [-0.39, 0.29) is 30.7 Å². The summed E-state index contributed by atoms with van der Waals surface area (Å²) in [5.41, 5.74) is 7.68. The number of fused-ring (bicyclic) bond motifs is 1. The molecule has 3 heterocycles. The maximum absolute atomic E-state index is 13.5. The van der Waals surface area contributed by atoms with Crippen LogP contribution in [0.2, 0.25) is 0 Å². The molecule has 9 nitrogen and oxygen atoms in total. The van der Waals surface area contributed by atoms with E-state index in [4.69, 9.17) is 20.9 Å². The first kappa shape index (κ1) is 25.1. The Morgan fingerprint density at radius 3 is 2.69 bits per heavy atom. The zero-order chi connectivity index (χ0) is 25.7. The minimum atomic E-state index is -0.364. The normalized spacial score (nSPS) is 10.9. The molecule has 0 aliphatic rings. The van der Waals surface area contributed by atoms with Gasteiger partial charge in [-0.05, 0) is 55.8 Å². The molecule has 0 aliphatic heterocycles. The lowest BCUT2D eigenvalue weighted by atomic mass is 10.1. The number of aryl methyl sites for hydroxylation is 3. The number of nitrogens with zero attached hydrogens (tertiary/aromatic N) is 4. The number of hydrogen-bond donors (Lipinski definition) is 2. The standard InChI is InChI=1S/C26H28N6O3S/c1-3-35-24(33)13-15-32(22-6-4-5-14-29-22)26(34)17-7-10-20-19(16-17)30-23(31(20)2)12-9-18-8-11-21(36-18)25(27)28/h4-8,10-11,14,16H,3,9,12-13,15H2,1-2H3,(H3,27,28). The highest BCUT2D eigenvalue weighted by Crippen LogP contribution is 2.23. The monoisotopic (exact) mass is 504 g/mol. The Labute approximate surface area is 213 Å². The fourth-order valence-electron chi connectivity index (χ4n) is 3.92. The summed E-state index contributed by atoms with van der Waals surface area (Å²) in [7, 11) is 1.96. The van der Waals surface area contributed by atoms with Crippen molar-refractivity contribution in [2.75, 3.05) is 18.1 Å². The summed E-state index contributed by atoms with van der Waals surface area (Å²) in [6, 6.07) is 14.6. The van der Waals surface area contributed by atoms with Crippen molar-refractivity contribution in [3.05, 3.63) is 75.9 Å². The van der Waals surface area contributed by atoms with Crippen LogP contribution in [0.5, 0.6) is 0 Å². The van der Waals surface area contributed by atoms with Gasteiger partial charge in [-0.3, -0.25) is 19.9 Å². The summed E-state index contributed by atoms with van der Waals surface area (Å²) < 4.78 is 7.06. The van der Waals surface area contributed by atoms with Gasteiger partial charge in [0.1, 0.15) is 17.5 Å². The quantitative estimate of drug-likeness (QED) is 0.193. The van der Waals surface area contributed by atoms with Crippen LogP contribution >= 0.6 is 11.3 Å². The van der Waals surface area contributed by atoms with Gasteiger partial charge in [-0.25, -0.2) is 9.97 Å². The van der Waals surface area contributed by atoms with Crippen molar-refractivity contribution >= 4 is 45.9 Å². The molecule has 4 rings (SSSR count). The molecule has 0 radical (unpaired) electrons. The number of amidine groups is 1. The number of rotatable bonds is 10. The number of benzene rings is 1. The van der Waals surface area contributed by atoms with Crippen LogP contribution in [-0.4, -0.2) is 45.4 Å². The van der Waals surface area contributed by atoms with Crippen molar-refractivity contribution in [2.24, 2.45) is 12.8 Å². The first-order valence-corrected chi connectivity index (χ1v) is 12.5. The van der Waals surface area contributed by atoms with Crippen molar-refractivity contribution in [1.82, 2.24) is 14.5 Å². The number of ether oxygens (including phenoxy) is 1. The number of carbonyl (C=O) groups excluding carboxylic acids is 2. The van der Waals surface area contributed by atoms with E-state index >= 15 is 0 Å². The Bertz CT molecular complexity index is 1400. The molecule has 3 N–H and O–H groups in total. The van der Waals surface area contributed by atoms with Gasteiger partial charge in [-0.15, -0.1) is 11.3 Å². The number of aromatic nitrogens is 3. The summed E-state index contributed by atoms with van der Waals surface area (Å²) in [4.78, 5) is 37.9. The van der Waals surface area contributed by atoms with Gasteiger partial charge in [0.25, 0.3) is 5.91 Å². The predicted molar refractivity (Wildman–Crippen MR) is 141 cm³/mol. The van der Waals surface area contributed by atoms with Crippen LogP contribution < -0.4 is 10.6 Å². The van der Waals surface area contributed by atoms with Crippen molar-refractivity contribution in [3.8, 4) is 0 Å². The van der Waals surface area contributed by atoms with Crippen LogP contribution in [0.25, 0.3) is 11.0 Å². The fourth-order valence-corrected chi connectivity index (χ4v) is 4.79. The predicted octanol–water partition coefficient (Wildman–Crippen LogP) is 3.70. The second-order valence-electron chi connectivity index (χ2n) is 8.17. The first-order chi connectivity index (χ1) is 17.4. The van der Waals surface area contributed by atoms with Gasteiger partial charge in [0.15, 0.2) is 0 Å². The largest absolute Gasteiger partial charge is 0.466 e. The summed E-state index contributed by atoms with van der Waals surface area (Å²) in [6.07, 6.45) is 3.18. The molecule has 0 fully saturated rings. The molecule has 0 saturated heterocycles. The number of carbonyl (C=O) groups is 2. The summed E-state index contributed by atoms with van der Waals surface area (Å²) >= 11 is 1.51. The highest BCUT2D eigenvalue weighted by atomic mass is 32.1. The van der Waals surface area contributed by atoms with Gasteiger partial charge in [0, 0.05) is 36.7 Å². The summed E-state index contributed by atoms with van der Waals surface area (Å²) in [5.74, 6) is 0.818. The Balaban J connectivity index is 1.55. The Morgan fingerprint density at radius 2 is 2.00 bits per heavy atom. The second-order valence-corrected chi connectivity index (χ2v) is 9.34. The third-order valence-electron chi connectivity index (χ3n) is 5.76. The molecule has 186 valence electrons. The number of nitrogen functional groups attached to an aromatic ring is 1. The topological polar surface area (TPSA) is 127 Å². The molecule has 0 saturated carbocycles. The van der Waals surface area contributed by atoms with E-state index in [2.05, 4.69) is 4.98 Å². The van der Waals surface area contributed by atoms with Crippen LogP contribution in [0.4, 0.5) is 5.82 Å². The average molecular weight is 505 g/mol. The number of thiophene rings is 1. The molecule has 0 spiro atoms. The third kappa shape index (κ3) is 5.60. The maximum Gasteiger partial charge on any atom is 0.307 e. The van der Waals surface area contributed by atoms with Crippen LogP contribution in [0.1, 0.15) is 39.3 Å². The van der Waals surface area contributed by atoms with Crippen LogP contribution in [-0.2, 0) is 29.4 Å². The zero-order valence-corrected chi connectivity index (χ0v) is 21.0. The van der Waals surface area contributed by atoms with Crippen molar-refractivity contribution in [1.29, 1.82) is 5.41 Å². The van der Waals surface area contributed by atoms with E-state index in [1.54, 1.807) is 43.5 Å². The van der Waals surface area contributed by atoms with Gasteiger partial charge >= 0.3 is 5.97 Å². The van der Waals surface area contributed by atoms with Crippen LogP contribution in [0.3, 0.4) is 0 Å². The molecular formula is C26H28N6O3S. The van der Waals surface area contributed by atoms with Crippen LogP contribution in [0.15, 0.2) is 54.7 Å². The number of esters is 1. The number of anilines is 1.